The molecule has 0 spiro atoms. The highest BCUT2D eigenvalue weighted by atomic mass is 16.5. The van der Waals surface area contributed by atoms with Gasteiger partial charge >= 0.3 is 5.97 Å². The van der Waals surface area contributed by atoms with Crippen molar-refractivity contribution in [3.8, 4) is 0 Å². The van der Waals surface area contributed by atoms with Crippen LogP contribution in [-0.2, 0) is 14.3 Å². The molecule has 1 N–H and O–H groups in total. The van der Waals surface area contributed by atoms with E-state index >= 15 is 0 Å². The maximum Gasteiger partial charge on any atom is 0.306 e. The number of ether oxygens (including phenoxy) is 1. The Balaban J connectivity index is 1.83. The van der Waals surface area contributed by atoms with Crippen LogP contribution in [0, 0.1) is 5.92 Å². The summed E-state index contributed by atoms with van der Waals surface area (Å²) in [5.41, 5.74) is 0. The third-order valence-electron chi connectivity index (χ3n) is 3.54. The summed E-state index contributed by atoms with van der Waals surface area (Å²) in [6.07, 6.45) is 1.55. The van der Waals surface area contributed by atoms with E-state index in [1.165, 1.54) is 7.11 Å². The number of nitrogens with zero attached hydrogens (tertiary/aromatic N) is 1. The van der Waals surface area contributed by atoms with E-state index in [1.54, 1.807) is 0 Å². The van der Waals surface area contributed by atoms with Gasteiger partial charge in [-0.2, -0.15) is 0 Å². The average molecular weight is 226 g/mol. The zero-order valence-corrected chi connectivity index (χ0v) is 9.57. The normalized spacial score (nSPS) is 27.9. The summed E-state index contributed by atoms with van der Waals surface area (Å²) in [6, 6.07) is 0.352. The van der Waals surface area contributed by atoms with Gasteiger partial charge in [-0.1, -0.05) is 0 Å². The van der Waals surface area contributed by atoms with Crippen LogP contribution in [-0.4, -0.2) is 49.6 Å². The van der Waals surface area contributed by atoms with E-state index in [0.717, 1.165) is 26.1 Å². The first-order chi connectivity index (χ1) is 7.72. The van der Waals surface area contributed by atoms with E-state index in [0.29, 0.717) is 12.0 Å². The maximum absolute atomic E-state index is 11.9. The van der Waals surface area contributed by atoms with Crippen LogP contribution >= 0.6 is 0 Å². The van der Waals surface area contributed by atoms with Crippen molar-refractivity contribution >= 4 is 11.9 Å². The molecule has 2 rings (SSSR count). The van der Waals surface area contributed by atoms with Crippen LogP contribution in [0.2, 0.25) is 0 Å². The summed E-state index contributed by atoms with van der Waals surface area (Å²) < 4.78 is 4.53. The Bertz CT molecular complexity index is 293. The van der Waals surface area contributed by atoms with Gasteiger partial charge < -0.3 is 15.0 Å². The lowest BCUT2D eigenvalue weighted by molar-refractivity contribution is -0.143. The molecule has 0 saturated carbocycles. The zero-order valence-electron chi connectivity index (χ0n) is 9.57. The molecule has 90 valence electrons. The molecule has 0 aliphatic carbocycles. The summed E-state index contributed by atoms with van der Waals surface area (Å²) in [6.45, 7) is 2.76. The van der Waals surface area contributed by atoms with Gasteiger partial charge in [-0.15, -0.1) is 0 Å². The van der Waals surface area contributed by atoms with Gasteiger partial charge in [0.25, 0.3) is 0 Å². The third kappa shape index (κ3) is 2.19. The number of hydrogen-bond donors (Lipinski definition) is 1. The van der Waals surface area contributed by atoms with E-state index in [-0.39, 0.29) is 24.7 Å². The van der Waals surface area contributed by atoms with Gasteiger partial charge in [-0.3, -0.25) is 9.59 Å². The monoisotopic (exact) mass is 226 g/mol. The molecule has 5 nitrogen and oxygen atoms in total. The molecular formula is C11H18N2O3. The first-order valence-electron chi connectivity index (χ1n) is 5.79. The number of rotatable bonds is 3. The molecule has 2 fully saturated rings. The first kappa shape index (κ1) is 11.4. The second-order valence-corrected chi connectivity index (χ2v) is 4.44. The Morgan fingerprint density at radius 2 is 2.19 bits per heavy atom. The maximum atomic E-state index is 11.9. The predicted octanol–water partition coefficient (Wildman–Crippen LogP) is -0.240. The number of likely N-dealkylation sites (tertiary alicyclic amines) is 1. The van der Waals surface area contributed by atoms with Crippen molar-refractivity contribution in [2.45, 2.75) is 25.3 Å². The molecule has 0 radical (unpaired) electrons. The molecule has 16 heavy (non-hydrogen) atoms. The van der Waals surface area contributed by atoms with Crippen molar-refractivity contribution in [1.82, 2.24) is 10.2 Å². The second kappa shape index (κ2) is 4.82. The lowest BCUT2D eigenvalue weighted by Gasteiger charge is -2.23. The fraction of sp³-hybridized carbons (Fsp3) is 0.818. The molecular weight excluding hydrogens is 208 g/mol. The van der Waals surface area contributed by atoms with Gasteiger partial charge in [0, 0.05) is 32.1 Å². The molecule has 2 heterocycles. The minimum atomic E-state index is -0.311. The van der Waals surface area contributed by atoms with Gasteiger partial charge in [0.2, 0.25) is 5.91 Å². The van der Waals surface area contributed by atoms with Gasteiger partial charge in [-0.05, 0) is 12.3 Å². The van der Waals surface area contributed by atoms with E-state index in [9.17, 15) is 9.59 Å². The van der Waals surface area contributed by atoms with E-state index in [4.69, 9.17) is 0 Å². The van der Waals surface area contributed by atoms with Crippen LogP contribution in [0.4, 0.5) is 0 Å². The average Bonchev–Trinajstić information content (AvgIpc) is 2.86. The minimum absolute atomic E-state index is 0.0848. The molecule has 0 aromatic rings. The number of esters is 1. The molecule has 0 aromatic carbocycles. The Hall–Kier alpha value is -1.10. The number of carbonyl (C=O) groups excluding carboxylic acids is 2. The summed E-state index contributed by atoms with van der Waals surface area (Å²) in [7, 11) is 1.35. The summed E-state index contributed by atoms with van der Waals surface area (Å²) >= 11 is 0. The highest BCUT2D eigenvalue weighted by Gasteiger charge is 2.39. The van der Waals surface area contributed by atoms with Crippen molar-refractivity contribution in [2.24, 2.45) is 5.92 Å². The highest BCUT2D eigenvalue weighted by molar-refractivity contribution is 5.81. The summed E-state index contributed by atoms with van der Waals surface area (Å²) in [4.78, 5) is 24.8. The summed E-state index contributed by atoms with van der Waals surface area (Å²) in [5.74, 6) is 0.386. The molecule has 2 aliphatic heterocycles. The predicted molar refractivity (Wildman–Crippen MR) is 57.7 cm³/mol. The highest BCUT2D eigenvalue weighted by Crippen LogP contribution is 2.27. The zero-order chi connectivity index (χ0) is 11.5. The van der Waals surface area contributed by atoms with Gasteiger partial charge in [0.05, 0.1) is 13.5 Å². The topological polar surface area (TPSA) is 58.6 Å². The number of hydrogen-bond acceptors (Lipinski definition) is 4. The van der Waals surface area contributed by atoms with E-state index < -0.39 is 0 Å². The number of carbonyl (C=O) groups is 2. The Labute approximate surface area is 95.1 Å². The second-order valence-electron chi connectivity index (χ2n) is 4.44. The Morgan fingerprint density at radius 1 is 1.38 bits per heavy atom. The van der Waals surface area contributed by atoms with Crippen molar-refractivity contribution in [1.29, 1.82) is 0 Å². The molecule has 2 aliphatic rings. The van der Waals surface area contributed by atoms with Gasteiger partial charge in [0.15, 0.2) is 0 Å². The third-order valence-corrected chi connectivity index (χ3v) is 3.54. The van der Waals surface area contributed by atoms with Gasteiger partial charge in [-0.25, -0.2) is 0 Å². The van der Waals surface area contributed by atoms with Crippen LogP contribution in [0.3, 0.4) is 0 Å². The molecule has 2 saturated heterocycles. The van der Waals surface area contributed by atoms with Crippen molar-refractivity contribution in [3.05, 3.63) is 0 Å². The van der Waals surface area contributed by atoms with E-state index in [2.05, 4.69) is 10.1 Å². The van der Waals surface area contributed by atoms with Crippen molar-refractivity contribution in [2.75, 3.05) is 26.7 Å². The number of nitrogens with one attached hydrogen (secondary N) is 1. The lowest BCUT2D eigenvalue weighted by Crippen LogP contribution is -2.39. The Kier molecular flexibility index (Phi) is 3.43. The fourth-order valence-electron chi connectivity index (χ4n) is 2.61. The SMILES string of the molecule is COC(=O)CCC(=O)N1CC[C@H]2CNC[C@H]21. The Morgan fingerprint density at radius 3 is 2.94 bits per heavy atom. The number of fused-ring (bicyclic) bond motifs is 1. The molecule has 0 unspecified atom stereocenters. The molecule has 1 amide bonds. The molecule has 5 heteroatoms. The summed E-state index contributed by atoms with van der Waals surface area (Å²) in [5, 5.41) is 3.30. The van der Waals surface area contributed by atoms with Gasteiger partial charge in [0.1, 0.15) is 0 Å². The largest absolute Gasteiger partial charge is 0.469 e. The lowest BCUT2D eigenvalue weighted by atomic mass is 10.1. The van der Waals surface area contributed by atoms with Crippen LogP contribution in [0.15, 0.2) is 0 Å². The van der Waals surface area contributed by atoms with Crippen LogP contribution in [0.25, 0.3) is 0 Å². The molecule has 0 aromatic heterocycles. The minimum Gasteiger partial charge on any atom is -0.469 e. The van der Waals surface area contributed by atoms with Crippen LogP contribution in [0.5, 0.6) is 0 Å². The number of methoxy groups -OCH3 is 1. The molecule has 2 atom stereocenters. The number of amides is 1. The van der Waals surface area contributed by atoms with E-state index in [1.807, 2.05) is 4.90 Å². The molecule has 0 bridgehead atoms. The van der Waals surface area contributed by atoms with Crippen molar-refractivity contribution < 1.29 is 14.3 Å². The van der Waals surface area contributed by atoms with Crippen molar-refractivity contribution in [3.63, 3.8) is 0 Å². The standard InChI is InChI=1S/C11H18N2O3/c1-16-11(15)3-2-10(14)13-5-4-8-6-12-7-9(8)13/h8-9,12H,2-7H2,1H3/t8-,9+/m0/s1. The quantitative estimate of drug-likeness (QED) is 0.675. The van der Waals surface area contributed by atoms with Crippen LogP contribution in [0.1, 0.15) is 19.3 Å². The smallest absolute Gasteiger partial charge is 0.306 e. The fourth-order valence-corrected chi connectivity index (χ4v) is 2.61. The first-order valence-corrected chi connectivity index (χ1v) is 5.79. The van der Waals surface area contributed by atoms with Crippen LogP contribution < -0.4 is 5.32 Å².